The molecule has 1 atom stereocenters. The molecule has 2 aromatic heterocycles. The van der Waals surface area contributed by atoms with Gasteiger partial charge in [-0.05, 0) is 43.4 Å². The van der Waals surface area contributed by atoms with Crippen LogP contribution in [0.2, 0.25) is 0 Å². The van der Waals surface area contributed by atoms with E-state index in [0.29, 0.717) is 19.6 Å². The van der Waals surface area contributed by atoms with Crippen LogP contribution in [0.15, 0.2) is 36.8 Å². The van der Waals surface area contributed by atoms with E-state index in [1.165, 1.54) is 0 Å². The van der Waals surface area contributed by atoms with Crippen LogP contribution in [0, 0.1) is 0 Å². The van der Waals surface area contributed by atoms with E-state index < -0.39 is 0 Å². The molecule has 0 aliphatic carbocycles. The van der Waals surface area contributed by atoms with Crippen molar-refractivity contribution in [2.45, 2.75) is 44.8 Å². The van der Waals surface area contributed by atoms with Gasteiger partial charge in [-0.2, -0.15) is 5.10 Å². The zero-order chi connectivity index (χ0) is 16.6. The van der Waals surface area contributed by atoms with Gasteiger partial charge in [0.25, 0.3) is 0 Å². The number of aromatic amines is 1. The minimum Gasteiger partial charge on any atom is -0.370 e. The fourth-order valence-corrected chi connectivity index (χ4v) is 3.00. The van der Waals surface area contributed by atoms with Crippen molar-refractivity contribution >= 4 is 5.91 Å². The van der Waals surface area contributed by atoms with Crippen LogP contribution in [-0.2, 0) is 22.6 Å². The van der Waals surface area contributed by atoms with Gasteiger partial charge in [-0.15, -0.1) is 0 Å². The zero-order valence-corrected chi connectivity index (χ0v) is 13.9. The number of pyridine rings is 1. The maximum absolute atomic E-state index is 12.4. The second kappa shape index (κ2) is 8.59. The lowest BCUT2D eigenvalue weighted by molar-refractivity contribution is -0.135. The van der Waals surface area contributed by atoms with Crippen LogP contribution in [0.3, 0.4) is 0 Å². The maximum atomic E-state index is 12.4. The first kappa shape index (κ1) is 16.6. The number of amides is 1. The average Bonchev–Trinajstić information content (AvgIpc) is 3.14. The van der Waals surface area contributed by atoms with E-state index >= 15 is 0 Å². The Labute approximate surface area is 142 Å². The number of rotatable bonds is 7. The average molecular weight is 328 g/mol. The predicted molar refractivity (Wildman–Crippen MR) is 90.2 cm³/mol. The Morgan fingerprint density at radius 3 is 3.17 bits per heavy atom. The molecule has 1 amide bonds. The fraction of sp³-hybridized carbons (Fsp3) is 0.500. The smallest absolute Gasteiger partial charge is 0.222 e. The Kier molecular flexibility index (Phi) is 5.96. The molecule has 6 nitrogen and oxygen atoms in total. The minimum absolute atomic E-state index is 0.110. The van der Waals surface area contributed by atoms with E-state index in [9.17, 15) is 4.79 Å². The Bertz CT molecular complexity index is 615. The molecule has 0 saturated carbocycles. The summed E-state index contributed by atoms with van der Waals surface area (Å²) in [6.07, 6.45) is 9.90. The topological polar surface area (TPSA) is 71.1 Å². The van der Waals surface area contributed by atoms with Crippen molar-refractivity contribution in [3.8, 4) is 0 Å². The first-order chi connectivity index (χ1) is 11.8. The molecule has 0 bridgehead atoms. The van der Waals surface area contributed by atoms with Crippen LogP contribution < -0.4 is 0 Å². The van der Waals surface area contributed by atoms with Crippen molar-refractivity contribution in [2.75, 3.05) is 13.1 Å². The first-order valence-corrected chi connectivity index (χ1v) is 8.58. The SMILES string of the molecule is O=C(CCCc1cn[nH]c1)N1CCC[C@@H](OCc2ccccn2)C1. The number of nitrogens with one attached hydrogen (secondary N) is 1. The number of carbonyl (C=O) groups is 1. The highest BCUT2D eigenvalue weighted by Crippen LogP contribution is 2.16. The van der Waals surface area contributed by atoms with Crippen molar-refractivity contribution in [1.29, 1.82) is 0 Å². The molecule has 0 spiro atoms. The van der Waals surface area contributed by atoms with Crippen molar-refractivity contribution in [3.63, 3.8) is 0 Å². The molecule has 6 heteroatoms. The first-order valence-electron chi connectivity index (χ1n) is 8.58. The van der Waals surface area contributed by atoms with Gasteiger partial charge in [0, 0.05) is 31.9 Å². The van der Waals surface area contributed by atoms with Crippen LogP contribution in [0.25, 0.3) is 0 Å². The molecule has 1 aliphatic rings. The third-order valence-corrected chi connectivity index (χ3v) is 4.33. The van der Waals surface area contributed by atoms with Crippen molar-refractivity contribution < 1.29 is 9.53 Å². The van der Waals surface area contributed by atoms with E-state index in [4.69, 9.17) is 4.74 Å². The normalized spacial score (nSPS) is 17.8. The van der Waals surface area contributed by atoms with Gasteiger partial charge in [0.2, 0.25) is 5.91 Å². The lowest BCUT2D eigenvalue weighted by atomic mass is 10.1. The van der Waals surface area contributed by atoms with Crippen molar-refractivity contribution in [3.05, 3.63) is 48.0 Å². The highest BCUT2D eigenvalue weighted by atomic mass is 16.5. The van der Waals surface area contributed by atoms with Crippen molar-refractivity contribution in [2.24, 2.45) is 0 Å². The Balaban J connectivity index is 1.40. The molecule has 0 radical (unpaired) electrons. The van der Waals surface area contributed by atoms with Crippen LogP contribution in [-0.4, -0.2) is 45.2 Å². The number of nitrogens with zero attached hydrogens (tertiary/aromatic N) is 3. The number of carbonyl (C=O) groups excluding carboxylic acids is 1. The van der Waals surface area contributed by atoms with Gasteiger partial charge in [0.1, 0.15) is 0 Å². The van der Waals surface area contributed by atoms with Crippen LogP contribution in [0.4, 0.5) is 0 Å². The van der Waals surface area contributed by atoms with E-state index in [0.717, 1.165) is 43.5 Å². The summed E-state index contributed by atoms with van der Waals surface area (Å²) >= 11 is 0. The third-order valence-electron chi connectivity index (χ3n) is 4.33. The van der Waals surface area contributed by atoms with Crippen molar-refractivity contribution in [1.82, 2.24) is 20.1 Å². The molecule has 24 heavy (non-hydrogen) atoms. The van der Waals surface area contributed by atoms with Gasteiger partial charge in [0.05, 0.1) is 24.6 Å². The minimum atomic E-state index is 0.110. The highest BCUT2D eigenvalue weighted by molar-refractivity contribution is 5.76. The van der Waals surface area contributed by atoms with Crippen LogP contribution >= 0.6 is 0 Å². The van der Waals surface area contributed by atoms with Gasteiger partial charge in [-0.25, -0.2) is 0 Å². The fourth-order valence-electron chi connectivity index (χ4n) is 3.00. The monoisotopic (exact) mass is 328 g/mol. The quantitative estimate of drug-likeness (QED) is 0.847. The van der Waals surface area contributed by atoms with Gasteiger partial charge in [-0.3, -0.25) is 14.9 Å². The largest absolute Gasteiger partial charge is 0.370 e. The lowest BCUT2D eigenvalue weighted by Crippen LogP contribution is -2.43. The van der Waals surface area contributed by atoms with E-state index in [1.54, 1.807) is 6.20 Å². The zero-order valence-electron chi connectivity index (χ0n) is 13.9. The predicted octanol–water partition coefficient (Wildman–Crippen LogP) is 2.34. The van der Waals surface area contributed by atoms with Crippen LogP contribution in [0.5, 0.6) is 0 Å². The molecule has 3 heterocycles. The number of aromatic nitrogens is 3. The van der Waals surface area contributed by atoms with Gasteiger partial charge in [-0.1, -0.05) is 6.07 Å². The molecule has 0 aromatic carbocycles. The van der Waals surface area contributed by atoms with Gasteiger partial charge in [0.15, 0.2) is 0 Å². The Hall–Kier alpha value is -2.21. The molecule has 1 saturated heterocycles. The number of hydrogen-bond donors (Lipinski definition) is 1. The molecule has 1 aliphatic heterocycles. The Morgan fingerprint density at radius 2 is 2.38 bits per heavy atom. The van der Waals surface area contributed by atoms with E-state index in [-0.39, 0.29) is 12.0 Å². The number of piperidine rings is 1. The summed E-state index contributed by atoms with van der Waals surface area (Å²) in [6, 6.07) is 5.82. The summed E-state index contributed by atoms with van der Waals surface area (Å²) in [6.45, 7) is 2.04. The third kappa shape index (κ3) is 4.89. The Morgan fingerprint density at radius 1 is 1.42 bits per heavy atom. The molecule has 128 valence electrons. The molecule has 2 aromatic rings. The van der Waals surface area contributed by atoms with Gasteiger partial charge < -0.3 is 9.64 Å². The second-order valence-corrected chi connectivity index (χ2v) is 6.20. The summed E-state index contributed by atoms with van der Waals surface area (Å²) in [7, 11) is 0. The summed E-state index contributed by atoms with van der Waals surface area (Å²) in [5.74, 6) is 0.227. The van der Waals surface area contributed by atoms with E-state index in [1.807, 2.05) is 35.5 Å². The summed E-state index contributed by atoms with van der Waals surface area (Å²) in [5.41, 5.74) is 2.08. The molecule has 0 unspecified atom stereocenters. The number of ether oxygens (including phenoxy) is 1. The summed E-state index contributed by atoms with van der Waals surface area (Å²) in [5, 5.41) is 6.72. The lowest BCUT2D eigenvalue weighted by Gasteiger charge is -2.32. The number of aryl methyl sites for hydroxylation is 1. The van der Waals surface area contributed by atoms with Gasteiger partial charge >= 0.3 is 0 Å². The molecule has 3 rings (SSSR count). The summed E-state index contributed by atoms with van der Waals surface area (Å²) in [4.78, 5) is 18.6. The highest BCUT2D eigenvalue weighted by Gasteiger charge is 2.23. The maximum Gasteiger partial charge on any atom is 0.222 e. The number of hydrogen-bond acceptors (Lipinski definition) is 4. The van der Waals surface area contributed by atoms with E-state index in [2.05, 4.69) is 15.2 Å². The van der Waals surface area contributed by atoms with Crippen LogP contribution in [0.1, 0.15) is 36.9 Å². The summed E-state index contributed by atoms with van der Waals surface area (Å²) < 4.78 is 5.94. The second-order valence-electron chi connectivity index (χ2n) is 6.20. The number of likely N-dealkylation sites (tertiary alicyclic amines) is 1. The molecular formula is C18H24N4O2. The molecule has 1 N–H and O–H groups in total. The standard InChI is InChI=1S/C18H24N4O2/c23-18(8-3-5-15-11-20-21-12-15)22-10-4-7-17(13-22)24-14-16-6-1-2-9-19-16/h1-2,6,9,11-12,17H,3-5,7-8,10,13-14H2,(H,20,21)/t17-/m1/s1. The molecular weight excluding hydrogens is 304 g/mol. The number of H-pyrrole nitrogens is 1. The molecule has 1 fully saturated rings.